The molecule has 0 fully saturated rings. The SMILES string of the molecule is Cn1nc(-c2ccc(F)cc2)c(-c2ccncc2)c1NC(=O)CO. The van der Waals surface area contributed by atoms with E-state index >= 15 is 0 Å². The summed E-state index contributed by atoms with van der Waals surface area (Å²) in [6, 6.07) is 9.54. The van der Waals surface area contributed by atoms with Crippen molar-refractivity contribution in [3.05, 3.63) is 54.6 Å². The summed E-state index contributed by atoms with van der Waals surface area (Å²) in [6.45, 7) is -0.632. The van der Waals surface area contributed by atoms with Crippen molar-refractivity contribution in [2.45, 2.75) is 0 Å². The number of hydrogen-bond donors (Lipinski definition) is 2. The molecule has 0 unspecified atom stereocenters. The van der Waals surface area contributed by atoms with Gasteiger partial charge in [-0.25, -0.2) is 4.39 Å². The molecule has 3 aromatic rings. The number of carbonyl (C=O) groups is 1. The van der Waals surface area contributed by atoms with Crippen LogP contribution in [0.3, 0.4) is 0 Å². The topological polar surface area (TPSA) is 80.0 Å². The van der Waals surface area contributed by atoms with Crippen LogP contribution in [-0.2, 0) is 11.8 Å². The Labute approximate surface area is 137 Å². The van der Waals surface area contributed by atoms with E-state index in [1.807, 2.05) is 0 Å². The molecule has 0 aliphatic carbocycles. The molecule has 0 saturated carbocycles. The number of hydrogen-bond acceptors (Lipinski definition) is 4. The van der Waals surface area contributed by atoms with Crippen LogP contribution in [-0.4, -0.2) is 32.4 Å². The Morgan fingerprint density at radius 1 is 1.17 bits per heavy atom. The highest BCUT2D eigenvalue weighted by atomic mass is 19.1. The number of halogens is 1. The molecule has 3 rings (SSSR count). The minimum Gasteiger partial charge on any atom is -0.387 e. The van der Waals surface area contributed by atoms with E-state index in [9.17, 15) is 9.18 Å². The average Bonchev–Trinajstić information content (AvgIpc) is 2.92. The number of nitrogens with zero attached hydrogens (tertiary/aromatic N) is 3. The van der Waals surface area contributed by atoms with Gasteiger partial charge in [0.2, 0.25) is 0 Å². The lowest BCUT2D eigenvalue weighted by atomic mass is 10.0. The van der Waals surface area contributed by atoms with Crippen LogP contribution in [0.1, 0.15) is 0 Å². The molecular weight excluding hydrogens is 311 g/mol. The summed E-state index contributed by atoms with van der Waals surface area (Å²) < 4.78 is 14.7. The van der Waals surface area contributed by atoms with Gasteiger partial charge in [-0.2, -0.15) is 5.10 Å². The molecule has 1 amide bonds. The summed E-state index contributed by atoms with van der Waals surface area (Å²) in [4.78, 5) is 15.6. The van der Waals surface area contributed by atoms with E-state index < -0.39 is 12.5 Å². The number of aliphatic hydroxyl groups excluding tert-OH is 1. The van der Waals surface area contributed by atoms with Crippen molar-refractivity contribution in [3.8, 4) is 22.4 Å². The Hall–Kier alpha value is -3.06. The minimum atomic E-state index is -0.632. The van der Waals surface area contributed by atoms with Gasteiger partial charge in [-0.3, -0.25) is 14.5 Å². The van der Waals surface area contributed by atoms with Gasteiger partial charge in [0.1, 0.15) is 23.9 Å². The van der Waals surface area contributed by atoms with Gasteiger partial charge in [0.15, 0.2) is 0 Å². The molecule has 2 heterocycles. The summed E-state index contributed by atoms with van der Waals surface area (Å²) in [7, 11) is 1.69. The molecule has 7 heteroatoms. The molecule has 0 radical (unpaired) electrons. The van der Waals surface area contributed by atoms with Crippen molar-refractivity contribution < 1.29 is 14.3 Å². The van der Waals surface area contributed by atoms with Crippen molar-refractivity contribution in [2.75, 3.05) is 11.9 Å². The number of aliphatic hydroxyl groups is 1. The summed E-state index contributed by atoms with van der Waals surface area (Å²) in [5.41, 5.74) is 2.78. The lowest BCUT2D eigenvalue weighted by Gasteiger charge is -2.08. The lowest BCUT2D eigenvalue weighted by molar-refractivity contribution is -0.118. The largest absolute Gasteiger partial charge is 0.387 e. The van der Waals surface area contributed by atoms with Crippen LogP contribution in [0.4, 0.5) is 10.2 Å². The number of aryl methyl sites for hydroxylation is 1. The number of carbonyl (C=O) groups excluding carboxylic acids is 1. The molecule has 6 nitrogen and oxygen atoms in total. The maximum absolute atomic E-state index is 13.2. The Bertz CT molecular complexity index is 860. The van der Waals surface area contributed by atoms with Gasteiger partial charge in [0, 0.05) is 25.0 Å². The molecule has 0 bridgehead atoms. The maximum atomic E-state index is 13.2. The highest BCUT2D eigenvalue weighted by Crippen LogP contribution is 2.37. The first-order valence-corrected chi connectivity index (χ1v) is 7.24. The number of rotatable bonds is 4. The standard InChI is InChI=1S/C17H15FN4O2/c1-22-17(20-14(24)10-23)15(11-6-8-19-9-7-11)16(21-22)12-2-4-13(18)5-3-12/h2-9,23H,10H2,1H3,(H,20,24). The zero-order valence-electron chi connectivity index (χ0n) is 12.9. The van der Waals surface area contributed by atoms with Gasteiger partial charge >= 0.3 is 0 Å². The van der Waals surface area contributed by atoms with Gasteiger partial charge < -0.3 is 10.4 Å². The number of amides is 1. The van der Waals surface area contributed by atoms with Gasteiger partial charge in [-0.1, -0.05) is 0 Å². The zero-order valence-corrected chi connectivity index (χ0v) is 12.9. The third-order valence-electron chi connectivity index (χ3n) is 3.54. The van der Waals surface area contributed by atoms with Crippen LogP contribution in [0.25, 0.3) is 22.4 Å². The number of benzene rings is 1. The molecule has 0 spiro atoms. The minimum absolute atomic E-state index is 0.339. The van der Waals surface area contributed by atoms with Crippen molar-refractivity contribution >= 4 is 11.7 Å². The summed E-state index contributed by atoms with van der Waals surface area (Å²) in [5.74, 6) is -0.438. The van der Waals surface area contributed by atoms with E-state index in [4.69, 9.17) is 5.11 Å². The molecule has 0 atom stereocenters. The van der Waals surface area contributed by atoms with Crippen LogP contribution < -0.4 is 5.32 Å². The fraction of sp³-hybridized carbons (Fsp3) is 0.118. The number of pyridine rings is 1. The summed E-state index contributed by atoms with van der Waals surface area (Å²) in [5, 5.41) is 16.1. The molecule has 24 heavy (non-hydrogen) atoms. The highest BCUT2D eigenvalue weighted by Gasteiger charge is 2.20. The summed E-state index contributed by atoms with van der Waals surface area (Å²) >= 11 is 0. The molecule has 2 aromatic heterocycles. The fourth-order valence-corrected chi connectivity index (χ4v) is 2.44. The van der Waals surface area contributed by atoms with Crippen LogP contribution in [0, 0.1) is 5.82 Å². The van der Waals surface area contributed by atoms with Crippen LogP contribution in [0.2, 0.25) is 0 Å². The molecule has 0 aliphatic heterocycles. The van der Waals surface area contributed by atoms with Gasteiger partial charge in [-0.15, -0.1) is 0 Å². The van der Waals surface area contributed by atoms with E-state index in [2.05, 4.69) is 15.4 Å². The molecule has 0 aliphatic rings. The first kappa shape index (κ1) is 15.8. The first-order valence-electron chi connectivity index (χ1n) is 7.24. The molecular formula is C17H15FN4O2. The Balaban J connectivity index is 2.20. The van der Waals surface area contributed by atoms with E-state index in [1.54, 1.807) is 43.7 Å². The second-order valence-corrected chi connectivity index (χ2v) is 5.14. The molecule has 2 N–H and O–H groups in total. The third kappa shape index (κ3) is 3.02. The van der Waals surface area contributed by atoms with E-state index in [-0.39, 0.29) is 5.82 Å². The Morgan fingerprint density at radius 3 is 2.46 bits per heavy atom. The molecule has 122 valence electrons. The average molecular weight is 326 g/mol. The van der Waals surface area contributed by atoms with Crippen molar-refractivity contribution in [1.29, 1.82) is 0 Å². The smallest absolute Gasteiger partial charge is 0.251 e. The van der Waals surface area contributed by atoms with E-state index in [0.29, 0.717) is 22.6 Å². The van der Waals surface area contributed by atoms with Gasteiger partial charge in [0.05, 0.1) is 5.56 Å². The number of aromatic nitrogens is 3. The second kappa shape index (κ2) is 6.59. The first-order chi connectivity index (χ1) is 11.6. The van der Waals surface area contributed by atoms with Crippen LogP contribution in [0.5, 0.6) is 0 Å². The monoisotopic (exact) mass is 326 g/mol. The Morgan fingerprint density at radius 2 is 1.83 bits per heavy atom. The van der Waals surface area contributed by atoms with Crippen molar-refractivity contribution in [3.63, 3.8) is 0 Å². The van der Waals surface area contributed by atoms with Crippen LogP contribution >= 0.6 is 0 Å². The van der Waals surface area contributed by atoms with Gasteiger partial charge in [-0.05, 0) is 42.0 Å². The van der Waals surface area contributed by atoms with Gasteiger partial charge in [0.25, 0.3) is 5.91 Å². The Kier molecular flexibility index (Phi) is 4.35. The second-order valence-electron chi connectivity index (χ2n) is 5.14. The zero-order chi connectivity index (χ0) is 17.1. The highest BCUT2D eigenvalue weighted by molar-refractivity contribution is 5.98. The molecule has 0 saturated heterocycles. The number of nitrogens with one attached hydrogen (secondary N) is 1. The van der Waals surface area contributed by atoms with E-state index in [1.165, 1.54) is 16.8 Å². The fourth-order valence-electron chi connectivity index (χ4n) is 2.44. The quantitative estimate of drug-likeness (QED) is 0.770. The van der Waals surface area contributed by atoms with E-state index in [0.717, 1.165) is 5.56 Å². The third-order valence-corrected chi connectivity index (χ3v) is 3.54. The maximum Gasteiger partial charge on any atom is 0.251 e. The van der Waals surface area contributed by atoms with Crippen molar-refractivity contribution in [2.24, 2.45) is 7.05 Å². The van der Waals surface area contributed by atoms with Crippen molar-refractivity contribution in [1.82, 2.24) is 14.8 Å². The normalized spacial score (nSPS) is 10.6. The van der Waals surface area contributed by atoms with Crippen LogP contribution in [0.15, 0.2) is 48.8 Å². The lowest BCUT2D eigenvalue weighted by Crippen LogP contribution is -2.18. The number of anilines is 1. The molecule has 1 aromatic carbocycles. The predicted molar refractivity (Wildman–Crippen MR) is 87.5 cm³/mol. The summed E-state index contributed by atoms with van der Waals surface area (Å²) in [6.07, 6.45) is 3.27. The predicted octanol–water partition coefficient (Wildman–Crippen LogP) is 2.22.